The second-order valence-corrected chi connectivity index (χ2v) is 7.29. The first-order chi connectivity index (χ1) is 13.2. The summed E-state index contributed by atoms with van der Waals surface area (Å²) in [7, 11) is 0. The molecule has 0 bridgehead atoms. The first kappa shape index (κ1) is 19.3. The van der Waals surface area contributed by atoms with E-state index in [2.05, 4.69) is 5.32 Å². The molecule has 0 spiro atoms. The molecule has 1 heterocycles. The zero-order chi connectivity index (χ0) is 19.1. The Bertz CT molecular complexity index is 765. The Hall–Kier alpha value is -2.47. The number of nitrogens with zero attached hydrogens (tertiary/aromatic N) is 1. The highest BCUT2D eigenvalue weighted by atomic mass is 32.2. The van der Waals surface area contributed by atoms with Crippen LogP contribution >= 0.6 is 11.8 Å². The van der Waals surface area contributed by atoms with Crippen LogP contribution in [-0.4, -0.2) is 37.8 Å². The van der Waals surface area contributed by atoms with E-state index in [1.807, 2.05) is 60.9 Å². The topological polar surface area (TPSA) is 58.6 Å². The Morgan fingerprint density at radius 2 is 1.93 bits per heavy atom. The van der Waals surface area contributed by atoms with Crippen molar-refractivity contribution in [1.29, 1.82) is 0 Å². The highest BCUT2D eigenvalue weighted by Gasteiger charge is 2.34. The van der Waals surface area contributed by atoms with Crippen LogP contribution < -0.4 is 15.0 Å². The van der Waals surface area contributed by atoms with Gasteiger partial charge >= 0.3 is 0 Å². The van der Waals surface area contributed by atoms with Gasteiger partial charge in [-0.1, -0.05) is 18.2 Å². The van der Waals surface area contributed by atoms with Crippen LogP contribution in [0.25, 0.3) is 0 Å². The molecule has 0 aliphatic carbocycles. The lowest BCUT2D eigenvalue weighted by Gasteiger charge is -2.17. The molecule has 5 nitrogen and oxygen atoms in total. The second-order valence-electron chi connectivity index (χ2n) is 6.41. The van der Waals surface area contributed by atoms with E-state index in [-0.39, 0.29) is 24.2 Å². The highest BCUT2D eigenvalue weighted by molar-refractivity contribution is 7.98. The summed E-state index contributed by atoms with van der Waals surface area (Å²) in [6.45, 7) is 1.52. The van der Waals surface area contributed by atoms with Gasteiger partial charge in [-0.25, -0.2) is 0 Å². The molecule has 2 aromatic carbocycles. The second kappa shape index (κ2) is 9.46. The number of carbonyl (C=O) groups is 2. The summed E-state index contributed by atoms with van der Waals surface area (Å²) in [6.07, 6.45) is 3.00. The molecule has 142 valence electrons. The summed E-state index contributed by atoms with van der Waals surface area (Å²) in [5, 5.41) is 2.92. The van der Waals surface area contributed by atoms with E-state index in [9.17, 15) is 9.59 Å². The minimum absolute atomic E-state index is 0.000498. The molecule has 1 N–H and O–H groups in total. The van der Waals surface area contributed by atoms with E-state index in [0.29, 0.717) is 19.7 Å². The quantitative estimate of drug-likeness (QED) is 0.560. The summed E-state index contributed by atoms with van der Waals surface area (Å²) in [5.74, 6) is 0.465. The van der Waals surface area contributed by atoms with E-state index in [0.717, 1.165) is 22.8 Å². The Morgan fingerprint density at radius 3 is 2.63 bits per heavy atom. The summed E-state index contributed by atoms with van der Waals surface area (Å²) in [5.41, 5.74) is 0.851. The lowest BCUT2D eigenvalue weighted by atomic mass is 10.1. The van der Waals surface area contributed by atoms with Gasteiger partial charge in [-0.3, -0.25) is 9.59 Å². The molecule has 6 heteroatoms. The Balaban J connectivity index is 1.42. The van der Waals surface area contributed by atoms with E-state index in [1.165, 1.54) is 0 Å². The normalized spacial score (nSPS) is 16.4. The Kier molecular flexibility index (Phi) is 6.76. The number of benzene rings is 2. The number of thioether (sulfide) groups is 1. The average Bonchev–Trinajstić information content (AvgIpc) is 3.10. The van der Waals surface area contributed by atoms with Crippen LogP contribution in [0.5, 0.6) is 5.75 Å². The minimum atomic E-state index is -0.298. The van der Waals surface area contributed by atoms with Crippen LogP contribution in [0, 0.1) is 5.92 Å². The van der Waals surface area contributed by atoms with Crippen LogP contribution in [0.1, 0.15) is 12.8 Å². The fraction of sp³-hybridized carbons (Fsp3) is 0.333. The van der Waals surface area contributed by atoms with Gasteiger partial charge in [0.2, 0.25) is 11.8 Å². The van der Waals surface area contributed by atoms with E-state index < -0.39 is 0 Å². The zero-order valence-electron chi connectivity index (χ0n) is 15.4. The number of hydrogen-bond donors (Lipinski definition) is 1. The van der Waals surface area contributed by atoms with Crippen molar-refractivity contribution in [2.75, 3.05) is 30.9 Å². The number of anilines is 1. The van der Waals surface area contributed by atoms with E-state index >= 15 is 0 Å². The highest BCUT2D eigenvalue weighted by Crippen LogP contribution is 2.27. The van der Waals surface area contributed by atoms with Gasteiger partial charge in [0.1, 0.15) is 5.75 Å². The first-order valence-corrected chi connectivity index (χ1v) is 10.3. The molecule has 2 amide bonds. The zero-order valence-corrected chi connectivity index (χ0v) is 16.2. The van der Waals surface area contributed by atoms with Gasteiger partial charge in [-0.2, -0.15) is 0 Å². The number of nitrogens with one attached hydrogen (secondary N) is 1. The molecule has 0 unspecified atom stereocenters. The van der Waals surface area contributed by atoms with Gasteiger partial charge < -0.3 is 15.0 Å². The van der Waals surface area contributed by atoms with Crippen LogP contribution in [0.4, 0.5) is 5.69 Å². The van der Waals surface area contributed by atoms with E-state index in [1.54, 1.807) is 16.7 Å². The van der Waals surface area contributed by atoms with Crippen LogP contribution in [0.3, 0.4) is 0 Å². The summed E-state index contributed by atoms with van der Waals surface area (Å²) < 4.78 is 5.61. The minimum Gasteiger partial charge on any atom is -0.494 e. The van der Waals surface area contributed by atoms with Crippen molar-refractivity contribution < 1.29 is 14.3 Å². The molecule has 1 atom stereocenters. The largest absolute Gasteiger partial charge is 0.494 e. The molecule has 2 aromatic rings. The number of ether oxygens (including phenoxy) is 1. The van der Waals surface area contributed by atoms with Crippen LogP contribution in [0.15, 0.2) is 59.5 Å². The Morgan fingerprint density at radius 1 is 1.19 bits per heavy atom. The van der Waals surface area contributed by atoms with Crippen molar-refractivity contribution in [3.63, 3.8) is 0 Å². The third-order valence-electron chi connectivity index (χ3n) is 4.51. The first-order valence-electron chi connectivity index (χ1n) is 9.07. The molecule has 27 heavy (non-hydrogen) atoms. The fourth-order valence-electron chi connectivity index (χ4n) is 3.03. The van der Waals surface area contributed by atoms with Gasteiger partial charge in [-0.05, 0) is 49.1 Å². The molecular formula is C21H24N2O3S. The predicted molar refractivity (Wildman–Crippen MR) is 108 cm³/mol. The van der Waals surface area contributed by atoms with Gasteiger partial charge in [0.25, 0.3) is 0 Å². The maximum atomic E-state index is 12.4. The van der Waals surface area contributed by atoms with Crippen molar-refractivity contribution in [3.8, 4) is 5.75 Å². The molecule has 0 radical (unpaired) electrons. The SMILES string of the molecule is CSc1ccc(N2C[C@H](C(=O)NCCCOc3ccccc3)CC2=O)cc1. The molecule has 1 saturated heterocycles. The number of rotatable bonds is 8. The van der Waals surface area contributed by atoms with Crippen molar-refractivity contribution in [3.05, 3.63) is 54.6 Å². The Labute approximate surface area is 164 Å². The summed E-state index contributed by atoms with van der Waals surface area (Å²) in [6, 6.07) is 17.5. The summed E-state index contributed by atoms with van der Waals surface area (Å²) >= 11 is 1.66. The number of para-hydroxylation sites is 1. The molecule has 1 fully saturated rings. The van der Waals surface area contributed by atoms with Gasteiger partial charge in [0, 0.05) is 30.1 Å². The van der Waals surface area contributed by atoms with Crippen LogP contribution in [0.2, 0.25) is 0 Å². The van der Waals surface area contributed by atoms with Crippen molar-refractivity contribution >= 4 is 29.3 Å². The van der Waals surface area contributed by atoms with E-state index in [4.69, 9.17) is 4.74 Å². The molecule has 0 aromatic heterocycles. The monoisotopic (exact) mass is 384 g/mol. The average molecular weight is 385 g/mol. The maximum absolute atomic E-state index is 12.4. The lowest BCUT2D eigenvalue weighted by Crippen LogP contribution is -2.34. The van der Waals surface area contributed by atoms with Crippen molar-refractivity contribution in [2.45, 2.75) is 17.7 Å². The molecule has 3 rings (SSSR count). The molecule has 1 aliphatic heterocycles. The van der Waals surface area contributed by atoms with Crippen molar-refractivity contribution in [1.82, 2.24) is 5.32 Å². The van der Waals surface area contributed by atoms with Gasteiger partial charge in [-0.15, -0.1) is 11.8 Å². The lowest BCUT2D eigenvalue weighted by molar-refractivity contribution is -0.126. The number of hydrogen-bond acceptors (Lipinski definition) is 4. The van der Waals surface area contributed by atoms with Crippen LogP contribution in [-0.2, 0) is 9.59 Å². The molecular weight excluding hydrogens is 360 g/mol. The number of carbonyl (C=O) groups excluding carboxylic acids is 2. The maximum Gasteiger partial charge on any atom is 0.227 e. The fourth-order valence-corrected chi connectivity index (χ4v) is 3.44. The van der Waals surface area contributed by atoms with Gasteiger partial charge in [0.05, 0.1) is 12.5 Å². The smallest absolute Gasteiger partial charge is 0.227 e. The number of amides is 2. The third kappa shape index (κ3) is 5.26. The summed E-state index contributed by atoms with van der Waals surface area (Å²) in [4.78, 5) is 27.5. The predicted octanol–water partition coefficient (Wildman–Crippen LogP) is 3.35. The molecule has 0 saturated carbocycles. The third-order valence-corrected chi connectivity index (χ3v) is 5.26. The van der Waals surface area contributed by atoms with Crippen molar-refractivity contribution in [2.24, 2.45) is 5.92 Å². The standard InChI is InChI=1S/C21H24N2O3S/c1-27-19-10-8-17(9-11-19)23-15-16(14-20(23)24)21(25)22-12-5-13-26-18-6-3-2-4-7-18/h2-4,6-11,16H,5,12-15H2,1H3,(H,22,25)/t16-/m1/s1. The van der Waals surface area contributed by atoms with Gasteiger partial charge in [0.15, 0.2) is 0 Å². The molecule has 1 aliphatic rings.